The first kappa shape index (κ1) is 22.1. The molecule has 0 radical (unpaired) electrons. The Hall–Kier alpha value is -3.72. The Labute approximate surface area is 204 Å². The highest BCUT2D eigenvalue weighted by Crippen LogP contribution is 2.40. The molecule has 1 amide bonds. The average Bonchev–Trinajstić information content (AvgIpc) is 3.52. The second kappa shape index (κ2) is 8.90. The Morgan fingerprint density at radius 1 is 1.09 bits per heavy atom. The van der Waals surface area contributed by atoms with Crippen LogP contribution in [-0.2, 0) is 16.1 Å². The molecule has 4 heterocycles. The van der Waals surface area contributed by atoms with Crippen molar-refractivity contribution in [1.29, 1.82) is 0 Å². The fourth-order valence-electron chi connectivity index (χ4n) is 4.47. The minimum absolute atomic E-state index is 0.0729. The predicted molar refractivity (Wildman–Crippen MR) is 130 cm³/mol. The molecule has 4 aromatic rings. The number of nitrogens with zero attached hydrogens (tertiary/aromatic N) is 5. The van der Waals surface area contributed by atoms with Gasteiger partial charge in [0.1, 0.15) is 11.3 Å². The normalized spacial score (nSPS) is 17.7. The Kier molecular flexibility index (Phi) is 5.79. The molecule has 1 aliphatic rings. The van der Waals surface area contributed by atoms with Gasteiger partial charge in [-0.25, -0.2) is 9.97 Å². The molecule has 1 saturated heterocycles. The van der Waals surface area contributed by atoms with E-state index in [1.807, 2.05) is 53.2 Å². The van der Waals surface area contributed by atoms with E-state index in [9.17, 15) is 14.7 Å². The standard InChI is InChI=1S/C25H22BrN5O3/c1-16-21(30-12-3-2-5-19(30)28-16)23(32)20-22(17-6-8-18(26)9-7-17)31(25(34)24(20)33)13-4-11-29-14-10-27-15-29/h2-3,5-10,12,14-15,22,32H,4,11,13H2,1H3/b23-20+/t22-/m0/s1. The monoisotopic (exact) mass is 519 g/mol. The molecule has 3 aromatic heterocycles. The maximum Gasteiger partial charge on any atom is 0.295 e. The molecule has 0 bridgehead atoms. The summed E-state index contributed by atoms with van der Waals surface area (Å²) in [5.74, 6) is -1.54. The Morgan fingerprint density at radius 3 is 2.62 bits per heavy atom. The molecule has 0 saturated carbocycles. The van der Waals surface area contributed by atoms with Crippen molar-refractivity contribution in [3.8, 4) is 0 Å². The van der Waals surface area contributed by atoms with Crippen molar-refractivity contribution in [2.75, 3.05) is 6.54 Å². The van der Waals surface area contributed by atoms with Crippen molar-refractivity contribution in [1.82, 2.24) is 23.8 Å². The fraction of sp³-hybridized carbons (Fsp3) is 0.200. The highest BCUT2D eigenvalue weighted by Gasteiger charge is 2.46. The first-order valence-electron chi connectivity index (χ1n) is 10.9. The van der Waals surface area contributed by atoms with Crippen molar-refractivity contribution < 1.29 is 14.7 Å². The number of carbonyl (C=O) groups is 2. The number of amides is 1. The number of aryl methyl sites for hydroxylation is 2. The van der Waals surface area contributed by atoms with Crippen molar-refractivity contribution in [3.05, 3.63) is 94.4 Å². The van der Waals surface area contributed by atoms with Gasteiger partial charge >= 0.3 is 0 Å². The molecule has 9 heteroatoms. The maximum atomic E-state index is 13.3. The van der Waals surface area contributed by atoms with E-state index in [1.54, 1.807) is 34.9 Å². The van der Waals surface area contributed by atoms with Gasteiger partial charge in [-0.3, -0.25) is 14.0 Å². The second-order valence-corrected chi connectivity index (χ2v) is 9.09. The summed E-state index contributed by atoms with van der Waals surface area (Å²) < 4.78 is 4.54. The summed E-state index contributed by atoms with van der Waals surface area (Å²) in [4.78, 5) is 36.5. The topological polar surface area (TPSA) is 92.7 Å². The minimum atomic E-state index is -0.704. The van der Waals surface area contributed by atoms with Crippen molar-refractivity contribution in [3.63, 3.8) is 0 Å². The zero-order valence-electron chi connectivity index (χ0n) is 18.4. The van der Waals surface area contributed by atoms with Crippen LogP contribution in [0.5, 0.6) is 0 Å². The van der Waals surface area contributed by atoms with E-state index in [0.29, 0.717) is 36.5 Å². The molecule has 5 rings (SSSR count). The summed E-state index contributed by atoms with van der Waals surface area (Å²) in [5.41, 5.74) is 2.46. The Morgan fingerprint density at radius 2 is 1.88 bits per heavy atom. The molecule has 1 N–H and O–H groups in total. The number of hydrogen-bond donors (Lipinski definition) is 1. The molecule has 0 unspecified atom stereocenters. The first-order valence-corrected chi connectivity index (χ1v) is 11.7. The number of hydrogen-bond acceptors (Lipinski definition) is 5. The van der Waals surface area contributed by atoms with Gasteiger partial charge in [0.25, 0.3) is 11.7 Å². The van der Waals surface area contributed by atoms with Gasteiger partial charge in [0, 0.05) is 36.2 Å². The van der Waals surface area contributed by atoms with E-state index < -0.39 is 17.7 Å². The van der Waals surface area contributed by atoms with Crippen LogP contribution >= 0.6 is 15.9 Å². The number of fused-ring (bicyclic) bond motifs is 1. The van der Waals surface area contributed by atoms with Crippen LogP contribution in [0.3, 0.4) is 0 Å². The summed E-state index contributed by atoms with van der Waals surface area (Å²) >= 11 is 3.44. The van der Waals surface area contributed by atoms with E-state index in [2.05, 4.69) is 25.9 Å². The summed E-state index contributed by atoms with van der Waals surface area (Å²) in [6.45, 7) is 2.78. The van der Waals surface area contributed by atoms with Gasteiger partial charge in [-0.05, 0) is 43.2 Å². The fourth-order valence-corrected chi connectivity index (χ4v) is 4.74. The van der Waals surface area contributed by atoms with Crippen molar-refractivity contribution >= 4 is 39.0 Å². The molecular weight excluding hydrogens is 498 g/mol. The molecule has 1 aromatic carbocycles. The minimum Gasteiger partial charge on any atom is -0.505 e. The van der Waals surface area contributed by atoms with Gasteiger partial charge in [-0.2, -0.15) is 0 Å². The van der Waals surface area contributed by atoms with Gasteiger partial charge in [-0.15, -0.1) is 0 Å². The van der Waals surface area contributed by atoms with Gasteiger partial charge < -0.3 is 14.6 Å². The highest BCUT2D eigenvalue weighted by atomic mass is 79.9. The van der Waals surface area contributed by atoms with E-state index in [1.165, 1.54) is 0 Å². The summed E-state index contributed by atoms with van der Waals surface area (Å²) in [6.07, 6.45) is 7.68. The summed E-state index contributed by atoms with van der Waals surface area (Å²) in [7, 11) is 0. The van der Waals surface area contributed by atoms with Crippen LogP contribution in [0.25, 0.3) is 11.4 Å². The molecule has 1 aliphatic heterocycles. The number of aliphatic hydroxyl groups is 1. The van der Waals surface area contributed by atoms with Crippen molar-refractivity contribution in [2.24, 2.45) is 0 Å². The smallest absolute Gasteiger partial charge is 0.295 e. The third-order valence-electron chi connectivity index (χ3n) is 6.03. The largest absolute Gasteiger partial charge is 0.505 e. The lowest BCUT2D eigenvalue weighted by Crippen LogP contribution is -2.31. The number of halogens is 1. The molecule has 8 nitrogen and oxygen atoms in total. The number of likely N-dealkylation sites (tertiary alicyclic amines) is 1. The van der Waals surface area contributed by atoms with Crippen molar-refractivity contribution in [2.45, 2.75) is 25.9 Å². The van der Waals surface area contributed by atoms with Crippen LogP contribution in [0.4, 0.5) is 0 Å². The number of rotatable bonds is 6. The number of carbonyl (C=O) groups excluding carboxylic acids is 2. The van der Waals surface area contributed by atoms with E-state index in [-0.39, 0.29) is 11.3 Å². The molecule has 1 atom stereocenters. The lowest BCUT2D eigenvalue weighted by Gasteiger charge is -2.25. The van der Waals surface area contributed by atoms with Gasteiger partial charge in [0.2, 0.25) is 0 Å². The maximum absolute atomic E-state index is 13.3. The number of benzene rings is 1. The van der Waals surface area contributed by atoms with E-state index >= 15 is 0 Å². The van der Waals surface area contributed by atoms with E-state index in [0.717, 1.165) is 10.0 Å². The van der Waals surface area contributed by atoms with Gasteiger partial charge in [-0.1, -0.05) is 34.1 Å². The van der Waals surface area contributed by atoms with Crippen LogP contribution in [0, 0.1) is 6.92 Å². The molecule has 172 valence electrons. The predicted octanol–water partition coefficient (Wildman–Crippen LogP) is 4.11. The zero-order chi connectivity index (χ0) is 23.8. The Balaban J connectivity index is 1.60. The van der Waals surface area contributed by atoms with Crippen LogP contribution in [0.2, 0.25) is 0 Å². The molecule has 34 heavy (non-hydrogen) atoms. The number of aliphatic hydroxyl groups excluding tert-OH is 1. The number of ketones is 1. The summed E-state index contributed by atoms with van der Waals surface area (Å²) in [5, 5.41) is 11.5. The number of pyridine rings is 1. The van der Waals surface area contributed by atoms with Crippen LogP contribution in [-0.4, -0.2) is 47.2 Å². The lowest BCUT2D eigenvalue weighted by atomic mass is 9.96. The number of imidazole rings is 2. The first-order chi connectivity index (χ1) is 16.5. The third kappa shape index (κ3) is 3.81. The lowest BCUT2D eigenvalue weighted by molar-refractivity contribution is -0.139. The van der Waals surface area contributed by atoms with Gasteiger partial charge in [0.05, 0.1) is 23.6 Å². The number of Topliss-reactive ketones (excluding diaryl/α,β-unsaturated/α-hetero) is 1. The second-order valence-electron chi connectivity index (χ2n) is 8.17. The average molecular weight is 520 g/mol. The molecular formula is C25H22BrN5O3. The van der Waals surface area contributed by atoms with Crippen LogP contribution in [0.1, 0.15) is 29.4 Å². The van der Waals surface area contributed by atoms with Crippen LogP contribution in [0.15, 0.2) is 77.4 Å². The number of aromatic nitrogens is 4. The Bertz CT molecular complexity index is 1410. The molecule has 0 spiro atoms. The molecule has 1 fully saturated rings. The zero-order valence-corrected chi connectivity index (χ0v) is 20.0. The SMILES string of the molecule is Cc1nc2ccccn2c1/C(O)=C1\C(=O)C(=O)N(CCCn2ccnc2)[C@H]1c1ccc(Br)cc1. The molecule has 0 aliphatic carbocycles. The highest BCUT2D eigenvalue weighted by molar-refractivity contribution is 9.10. The summed E-state index contributed by atoms with van der Waals surface area (Å²) in [6, 6.07) is 12.2. The quantitative estimate of drug-likeness (QED) is 0.235. The van der Waals surface area contributed by atoms with E-state index in [4.69, 9.17) is 0 Å². The van der Waals surface area contributed by atoms with Gasteiger partial charge in [0.15, 0.2) is 5.76 Å². The van der Waals surface area contributed by atoms with Crippen LogP contribution < -0.4 is 0 Å². The third-order valence-corrected chi connectivity index (χ3v) is 6.56.